The molecule has 0 radical (unpaired) electrons. The number of amides is 3. The molecule has 3 amide bonds. The van der Waals surface area contributed by atoms with E-state index in [0.717, 1.165) is 5.56 Å². The van der Waals surface area contributed by atoms with Gasteiger partial charge in [-0.3, -0.25) is 19.4 Å². The summed E-state index contributed by atoms with van der Waals surface area (Å²) in [5, 5.41) is 2.60. The van der Waals surface area contributed by atoms with Crippen molar-refractivity contribution in [3.63, 3.8) is 0 Å². The Labute approximate surface area is 233 Å². The van der Waals surface area contributed by atoms with E-state index in [2.05, 4.69) is 19.2 Å². The van der Waals surface area contributed by atoms with Crippen molar-refractivity contribution in [2.24, 2.45) is 11.7 Å². The molecular weight excluding hydrogens is 515 g/mol. The highest BCUT2D eigenvalue weighted by Gasteiger charge is 2.37. The van der Waals surface area contributed by atoms with E-state index in [1.807, 2.05) is 13.8 Å². The Morgan fingerprint density at radius 2 is 1.79 bits per heavy atom. The average Bonchev–Trinajstić information content (AvgIpc) is 3.37. The number of carbonyl (C=O) groups is 3. The third-order valence-corrected chi connectivity index (χ3v) is 7.50. The van der Waals surface area contributed by atoms with Gasteiger partial charge in [0.25, 0.3) is 17.7 Å². The van der Waals surface area contributed by atoms with Crippen molar-refractivity contribution in [2.45, 2.75) is 59.4 Å². The fraction of sp³-hybridized carbons (Fsp3) is 0.400. The highest BCUT2D eigenvalue weighted by Crippen LogP contribution is 2.39. The van der Waals surface area contributed by atoms with Gasteiger partial charge in [0.15, 0.2) is 0 Å². The minimum absolute atomic E-state index is 0.188. The molecule has 1 aromatic carbocycles. The molecule has 4 rings (SSSR count). The molecule has 3 aromatic rings. The van der Waals surface area contributed by atoms with Crippen LogP contribution in [-0.4, -0.2) is 47.7 Å². The quantitative estimate of drug-likeness (QED) is 0.417. The van der Waals surface area contributed by atoms with Crippen LogP contribution in [0.3, 0.4) is 0 Å². The van der Waals surface area contributed by atoms with Gasteiger partial charge in [-0.1, -0.05) is 46.2 Å². The predicted octanol–water partition coefficient (Wildman–Crippen LogP) is 5.26. The molecule has 1 aliphatic rings. The number of fused-ring (bicyclic) bond motifs is 1. The van der Waals surface area contributed by atoms with E-state index in [1.165, 1.54) is 29.9 Å². The van der Waals surface area contributed by atoms with Crippen LogP contribution in [0.2, 0.25) is 0 Å². The van der Waals surface area contributed by atoms with Crippen molar-refractivity contribution in [2.75, 3.05) is 14.1 Å². The smallest absolute Gasteiger partial charge is 0.261 e. The minimum atomic E-state index is -0.658. The Morgan fingerprint density at radius 3 is 2.36 bits per heavy atom. The van der Waals surface area contributed by atoms with Crippen LogP contribution in [0.1, 0.15) is 81.5 Å². The number of thiophene rings is 1. The zero-order chi connectivity index (χ0) is 28.9. The van der Waals surface area contributed by atoms with E-state index >= 15 is 0 Å². The summed E-state index contributed by atoms with van der Waals surface area (Å²) in [6.45, 7) is 8.30. The van der Waals surface area contributed by atoms with Crippen LogP contribution in [0, 0.1) is 11.7 Å². The third-order valence-electron chi connectivity index (χ3n) is 6.39. The highest BCUT2D eigenvalue weighted by molar-refractivity contribution is 7.17. The molecule has 3 N–H and O–H groups in total. The summed E-state index contributed by atoms with van der Waals surface area (Å²) in [6.07, 6.45) is 2.77. The van der Waals surface area contributed by atoms with Gasteiger partial charge in [-0.05, 0) is 48.6 Å². The van der Waals surface area contributed by atoms with Crippen molar-refractivity contribution < 1.29 is 18.8 Å². The largest absolute Gasteiger partial charge is 0.366 e. The van der Waals surface area contributed by atoms with Crippen LogP contribution in [0.5, 0.6) is 0 Å². The van der Waals surface area contributed by atoms with E-state index in [1.54, 1.807) is 43.3 Å². The summed E-state index contributed by atoms with van der Waals surface area (Å²) < 4.78 is 13.4. The lowest BCUT2D eigenvalue weighted by Gasteiger charge is -2.35. The Hall–Kier alpha value is -3.59. The summed E-state index contributed by atoms with van der Waals surface area (Å²) in [5.41, 5.74) is 8.96. The van der Waals surface area contributed by atoms with Gasteiger partial charge in [0.05, 0.1) is 27.4 Å². The van der Waals surface area contributed by atoms with E-state index < -0.39 is 5.91 Å². The van der Waals surface area contributed by atoms with Gasteiger partial charge in [0, 0.05) is 37.0 Å². The molecule has 0 bridgehead atoms. The Bertz CT molecular complexity index is 1350. The van der Waals surface area contributed by atoms with Crippen molar-refractivity contribution in [1.82, 2.24) is 15.2 Å². The van der Waals surface area contributed by atoms with Gasteiger partial charge >= 0.3 is 0 Å². The summed E-state index contributed by atoms with van der Waals surface area (Å²) in [7, 11) is 3.27. The molecule has 1 unspecified atom stereocenters. The second-order valence-corrected chi connectivity index (χ2v) is 11.2. The topological polar surface area (TPSA) is 105 Å². The molecular formula is C30H37FN4O3S. The molecule has 3 heterocycles. The van der Waals surface area contributed by atoms with E-state index in [9.17, 15) is 18.8 Å². The van der Waals surface area contributed by atoms with Gasteiger partial charge in [-0.25, -0.2) is 4.39 Å². The number of benzene rings is 1. The molecule has 9 heteroatoms. The van der Waals surface area contributed by atoms with Crippen molar-refractivity contribution in [3.8, 4) is 10.4 Å². The number of nitrogens with one attached hydrogen (secondary N) is 1. The second kappa shape index (κ2) is 13.0. The van der Waals surface area contributed by atoms with Crippen LogP contribution in [0.15, 0.2) is 36.4 Å². The normalized spacial score (nSPS) is 14.5. The molecule has 0 fully saturated rings. The monoisotopic (exact) mass is 552 g/mol. The molecule has 2 aromatic heterocycles. The first-order valence-electron chi connectivity index (χ1n) is 13.2. The maximum absolute atomic E-state index is 13.8. The minimum Gasteiger partial charge on any atom is -0.366 e. The maximum atomic E-state index is 13.8. The first-order valence-corrected chi connectivity index (χ1v) is 14.0. The number of pyridine rings is 1. The number of likely N-dealkylation sites (N-methyl/N-ethyl adjacent to an activating group) is 1. The number of rotatable bonds is 7. The molecule has 0 aliphatic carbocycles. The number of carbonyl (C=O) groups excluding carboxylic acids is 3. The van der Waals surface area contributed by atoms with Gasteiger partial charge in [0.1, 0.15) is 5.82 Å². The Kier molecular flexibility index (Phi) is 9.97. The summed E-state index contributed by atoms with van der Waals surface area (Å²) in [5.74, 6) is -1.29. The highest BCUT2D eigenvalue weighted by atomic mass is 32.1. The summed E-state index contributed by atoms with van der Waals surface area (Å²) in [4.78, 5) is 46.3. The van der Waals surface area contributed by atoms with Crippen molar-refractivity contribution in [3.05, 3.63) is 75.2 Å². The second-order valence-electron chi connectivity index (χ2n) is 10.1. The predicted molar refractivity (Wildman–Crippen MR) is 154 cm³/mol. The van der Waals surface area contributed by atoms with Crippen LogP contribution < -0.4 is 11.1 Å². The van der Waals surface area contributed by atoms with Crippen molar-refractivity contribution in [1.29, 1.82) is 0 Å². The fourth-order valence-electron chi connectivity index (χ4n) is 4.63. The first-order chi connectivity index (χ1) is 18.5. The van der Waals surface area contributed by atoms with Crippen molar-refractivity contribution >= 4 is 29.1 Å². The lowest BCUT2D eigenvalue weighted by Crippen LogP contribution is -2.45. The first kappa shape index (κ1) is 30.0. The Morgan fingerprint density at radius 1 is 1.15 bits per heavy atom. The standard InChI is InChI=1S/C27H29FN4O3S.C3H8/c1-14(2)11-18-22(25(29)33)24(20-9-10-21(36-20)26(34)30-3)23-19(31-18)13-17(32(4)27(23)35)12-15-5-7-16(28)8-6-15;1-3-2/h5-10,14,17H,11-13H2,1-4H3,(H2,29,33)(H,30,34);3H2,1-2H3. The van der Waals surface area contributed by atoms with Gasteiger partial charge in [-0.2, -0.15) is 0 Å². The lowest BCUT2D eigenvalue weighted by molar-refractivity contribution is 0.0704. The van der Waals surface area contributed by atoms with Gasteiger partial charge in [-0.15, -0.1) is 11.3 Å². The number of hydrogen-bond donors (Lipinski definition) is 2. The summed E-state index contributed by atoms with van der Waals surface area (Å²) >= 11 is 1.20. The van der Waals surface area contributed by atoms with E-state index in [-0.39, 0.29) is 35.2 Å². The van der Waals surface area contributed by atoms with Crippen LogP contribution in [0.4, 0.5) is 4.39 Å². The fourth-order valence-corrected chi connectivity index (χ4v) is 5.64. The Balaban J connectivity index is 0.00000134. The molecule has 39 heavy (non-hydrogen) atoms. The zero-order valence-corrected chi connectivity index (χ0v) is 24.2. The van der Waals surface area contributed by atoms with E-state index in [0.29, 0.717) is 51.5 Å². The van der Waals surface area contributed by atoms with Crippen LogP contribution in [-0.2, 0) is 19.3 Å². The molecule has 0 saturated heterocycles. The molecule has 0 saturated carbocycles. The zero-order valence-electron chi connectivity index (χ0n) is 23.4. The van der Waals surface area contributed by atoms with Crippen LogP contribution in [0.25, 0.3) is 10.4 Å². The molecule has 7 nitrogen and oxygen atoms in total. The maximum Gasteiger partial charge on any atom is 0.261 e. The van der Waals surface area contributed by atoms with Gasteiger partial charge < -0.3 is 16.0 Å². The lowest BCUT2D eigenvalue weighted by atomic mass is 9.86. The number of primary amides is 1. The number of hydrogen-bond acceptors (Lipinski definition) is 5. The molecule has 208 valence electrons. The molecule has 1 atom stereocenters. The third kappa shape index (κ3) is 6.71. The van der Waals surface area contributed by atoms with E-state index in [4.69, 9.17) is 10.7 Å². The van der Waals surface area contributed by atoms with Gasteiger partial charge in [0.2, 0.25) is 0 Å². The number of aromatic nitrogens is 1. The molecule has 1 aliphatic heterocycles. The summed E-state index contributed by atoms with van der Waals surface area (Å²) in [6, 6.07) is 9.48. The molecule has 0 spiro atoms. The average molecular weight is 553 g/mol. The number of nitrogens with two attached hydrogens (primary N) is 1. The number of nitrogens with zero attached hydrogens (tertiary/aromatic N) is 2. The SMILES string of the molecule is CCC.CNC(=O)c1ccc(-c2c(C(N)=O)c(CC(C)C)nc3c2C(=O)N(C)C(Cc2ccc(F)cc2)C3)s1. The number of halogens is 1. The van der Waals surface area contributed by atoms with Crippen LogP contribution >= 0.6 is 11.3 Å².